The summed E-state index contributed by atoms with van der Waals surface area (Å²) in [6.07, 6.45) is 2.17. The van der Waals surface area contributed by atoms with Gasteiger partial charge in [-0.05, 0) is 82.4 Å². The Morgan fingerprint density at radius 1 is 0.902 bits per heavy atom. The zero-order valence-electron chi connectivity index (χ0n) is 25.0. The average molecular weight is 557 g/mol. The van der Waals surface area contributed by atoms with Crippen molar-refractivity contribution < 1.29 is 14.6 Å². The van der Waals surface area contributed by atoms with E-state index in [4.69, 9.17) is 9.84 Å². The molecule has 0 radical (unpaired) electrons. The lowest BCUT2D eigenvalue weighted by molar-refractivity contribution is -0.0210. The van der Waals surface area contributed by atoms with Crippen molar-refractivity contribution in [3.05, 3.63) is 96.1 Å². The van der Waals surface area contributed by atoms with Gasteiger partial charge in [0.15, 0.2) is 0 Å². The van der Waals surface area contributed by atoms with E-state index in [0.717, 1.165) is 55.7 Å². The lowest BCUT2D eigenvalue weighted by Gasteiger charge is -2.52. The fourth-order valence-corrected chi connectivity index (χ4v) is 5.05. The minimum Gasteiger partial charge on any atom is -0.497 e. The molecule has 2 aliphatic heterocycles. The second-order valence-electron chi connectivity index (χ2n) is 10.4. The summed E-state index contributed by atoms with van der Waals surface area (Å²) >= 11 is 0. The van der Waals surface area contributed by atoms with Crippen molar-refractivity contribution in [3.8, 4) is 17.6 Å². The topological polar surface area (TPSA) is 68.3 Å². The van der Waals surface area contributed by atoms with Gasteiger partial charge in [0.2, 0.25) is 0 Å². The molecule has 2 N–H and O–H groups in total. The van der Waals surface area contributed by atoms with Crippen LogP contribution in [-0.4, -0.2) is 91.9 Å². The summed E-state index contributed by atoms with van der Waals surface area (Å²) in [5, 5.41) is 10.0. The molecule has 2 amide bonds. The van der Waals surface area contributed by atoms with Gasteiger partial charge in [-0.2, -0.15) is 0 Å². The summed E-state index contributed by atoms with van der Waals surface area (Å²) < 4.78 is 5.17. The van der Waals surface area contributed by atoms with Crippen LogP contribution in [0.25, 0.3) is 0 Å². The summed E-state index contributed by atoms with van der Waals surface area (Å²) in [7, 11) is 6.90. The normalized spacial score (nSPS) is 19.7. The van der Waals surface area contributed by atoms with Crippen LogP contribution in [0.3, 0.4) is 0 Å². The first kappa shape index (κ1) is 31.7. The molecule has 218 valence electrons. The molecule has 0 bridgehead atoms. The predicted molar refractivity (Wildman–Crippen MR) is 167 cm³/mol. The number of carbonyl (C=O) groups excluding carboxylic acids is 1. The largest absolute Gasteiger partial charge is 0.497 e. The van der Waals surface area contributed by atoms with E-state index in [2.05, 4.69) is 48.0 Å². The third-order valence-corrected chi connectivity index (χ3v) is 7.49. The highest BCUT2D eigenvalue weighted by molar-refractivity contribution is 5.89. The lowest BCUT2D eigenvalue weighted by atomic mass is 9.91. The summed E-state index contributed by atoms with van der Waals surface area (Å²) in [6, 6.07) is 29.1. The molecule has 0 saturated carbocycles. The second kappa shape index (κ2) is 16.4. The number of amides is 2. The molecular weight excluding hydrogens is 512 g/mol. The van der Waals surface area contributed by atoms with Crippen LogP contribution in [0.2, 0.25) is 0 Å². The number of nitrogens with one attached hydrogen (secondary N) is 1. The van der Waals surface area contributed by atoms with Gasteiger partial charge in [-0.25, -0.2) is 4.79 Å². The fourth-order valence-electron chi connectivity index (χ4n) is 5.05. The third-order valence-electron chi connectivity index (χ3n) is 7.49. The van der Waals surface area contributed by atoms with Crippen LogP contribution in [-0.2, 0) is 0 Å². The monoisotopic (exact) mass is 556 g/mol. The molecule has 7 heteroatoms. The van der Waals surface area contributed by atoms with Crippen LogP contribution in [0.1, 0.15) is 30.9 Å². The molecular formula is C34H44N4O3. The average Bonchev–Trinajstić information content (AvgIpc) is 3.00. The van der Waals surface area contributed by atoms with Crippen LogP contribution in [0.5, 0.6) is 5.75 Å². The maximum atomic E-state index is 12.8. The standard InChI is InChI=1S/C19H30N4O2.C14H10.CH4O/c1-14-11-17-12-22(10-9-16(21(2)3)13-23(14)17)19(24)20-15-5-7-18(25-4)8-6-15;1-3-7-13(8-4-1)11-12-14-9-5-2-6-10-14;1-2/h5-8,14,16-17H,9-13H2,1-4H3,(H,20,24);1-10H;2H,1H3/t14-,16?,17-;;/m1../s1. The Bertz CT molecular complexity index is 1190. The number of rotatable bonds is 3. The van der Waals surface area contributed by atoms with Gasteiger partial charge < -0.3 is 25.0 Å². The van der Waals surface area contributed by atoms with Gasteiger partial charge in [0.25, 0.3) is 0 Å². The van der Waals surface area contributed by atoms with Crippen LogP contribution in [0, 0.1) is 11.8 Å². The number of hydrogen-bond donors (Lipinski definition) is 2. The van der Waals surface area contributed by atoms with Crippen LogP contribution < -0.4 is 10.1 Å². The minimum absolute atomic E-state index is 0.0101. The summed E-state index contributed by atoms with van der Waals surface area (Å²) in [6.45, 7) is 5.00. The summed E-state index contributed by atoms with van der Waals surface area (Å²) in [4.78, 5) is 19.6. The van der Waals surface area contributed by atoms with Gasteiger partial charge in [-0.3, -0.25) is 4.90 Å². The van der Waals surface area contributed by atoms with Crippen molar-refractivity contribution in [2.75, 3.05) is 53.3 Å². The number of aliphatic hydroxyl groups is 1. The van der Waals surface area contributed by atoms with Crippen molar-refractivity contribution in [2.45, 2.75) is 37.9 Å². The fraction of sp³-hybridized carbons (Fsp3) is 0.382. The van der Waals surface area contributed by atoms with E-state index in [9.17, 15) is 4.79 Å². The van der Waals surface area contributed by atoms with Crippen molar-refractivity contribution in [1.82, 2.24) is 14.7 Å². The van der Waals surface area contributed by atoms with Crippen LogP contribution in [0.15, 0.2) is 84.9 Å². The molecule has 5 rings (SSSR count). The highest BCUT2D eigenvalue weighted by atomic mass is 16.5. The highest BCUT2D eigenvalue weighted by Gasteiger charge is 2.40. The van der Waals surface area contributed by atoms with E-state index >= 15 is 0 Å². The van der Waals surface area contributed by atoms with Gasteiger partial charge in [-0.15, -0.1) is 0 Å². The minimum atomic E-state index is -0.0101. The number of nitrogens with zero attached hydrogens (tertiary/aromatic N) is 3. The summed E-state index contributed by atoms with van der Waals surface area (Å²) in [5.74, 6) is 7.01. The van der Waals surface area contributed by atoms with Crippen molar-refractivity contribution in [1.29, 1.82) is 0 Å². The molecule has 0 aliphatic carbocycles. The van der Waals surface area contributed by atoms with E-state index < -0.39 is 0 Å². The first-order valence-corrected chi connectivity index (χ1v) is 14.1. The molecule has 1 unspecified atom stereocenters. The Balaban J connectivity index is 0.000000244. The maximum Gasteiger partial charge on any atom is 0.321 e. The van der Waals surface area contributed by atoms with E-state index in [1.165, 1.54) is 6.42 Å². The molecule has 0 spiro atoms. The molecule has 3 aromatic rings. The van der Waals surface area contributed by atoms with Gasteiger partial charge in [0, 0.05) is 61.7 Å². The lowest BCUT2D eigenvalue weighted by Crippen LogP contribution is -2.64. The van der Waals surface area contributed by atoms with Gasteiger partial charge in [-0.1, -0.05) is 48.2 Å². The number of hydrogen-bond acceptors (Lipinski definition) is 5. The number of benzene rings is 3. The molecule has 3 aromatic carbocycles. The Kier molecular flexibility index (Phi) is 12.7. The molecule has 41 heavy (non-hydrogen) atoms. The SMILES string of the molecule is C(#Cc1ccccc1)c1ccccc1.CO.COc1ccc(NC(=O)N2CCC(N(C)C)CN3[C@H](C[C@H]3C)C2)cc1. The van der Waals surface area contributed by atoms with Crippen molar-refractivity contribution in [2.24, 2.45) is 0 Å². The molecule has 2 fully saturated rings. The maximum absolute atomic E-state index is 12.8. The Morgan fingerprint density at radius 2 is 1.46 bits per heavy atom. The number of anilines is 1. The van der Waals surface area contributed by atoms with Gasteiger partial charge >= 0.3 is 6.03 Å². The zero-order chi connectivity index (χ0) is 29.6. The molecule has 3 atom stereocenters. The number of fused-ring (bicyclic) bond motifs is 1. The smallest absolute Gasteiger partial charge is 0.321 e. The molecule has 2 heterocycles. The van der Waals surface area contributed by atoms with E-state index in [0.29, 0.717) is 18.1 Å². The quantitative estimate of drug-likeness (QED) is 0.444. The van der Waals surface area contributed by atoms with Gasteiger partial charge in [0.1, 0.15) is 5.75 Å². The molecule has 2 saturated heterocycles. The summed E-state index contributed by atoms with van der Waals surface area (Å²) in [5.41, 5.74) is 2.91. The predicted octanol–water partition coefficient (Wildman–Crippen LogP) is 5.02. The number of urea groups is 1. The molecule has 2 aliphatic rings. The first-order chi connectivity index (χ1) is 19.9. The molecule has 0 aromatic heterocycles. The number of ether oxygens (including phenoxy) is 1. The van der Waals surface area contributed by atoms with E-state index in [-0.39, 0.29) is 6.03 Å². The number of likely N-dealkylation sites (N-methyl/N-ethyl adjacent to an activating group) is 1. The van der Waals surface area contributed by atoms with Crippen LogP contribution in [0.4, 0.5) is 10.5 Å². The van der Waals surface area contributed by atoms with Crippen molar-refractivity contribution >= 4 is 11.7 Å². The third kappa shape index (κ3) is 9.65. The van der Waals surface area contributed by atoms with Crippen LogP contribution >= 0.6 is 0 Å². The molecule has 7 nitrogen and oxygen atoms in total. The Labute approximate surface area is 245 Å². The number of methoxy groups -OCH3 is 1. The Hall–Kier alpha value is -3.83. The number of aliphatic hydroxyl groups excluding tert-OH is 1. The highest BCUT2D eigenvalue weighted by Crippen LogP contribution is 2.29. The van der Waals surface area contributed by atoms with E-state index in [1.54, 1.807) is 7.11 Å². The second-order valence-corrected chi connectivity index (χ2v) is 10.4. The first-order valence-electron chi connectivity index (χ1n) is 14.1. The Morgan fingerprint density at radius 3 is 1.95 bits per heavy atom. The zero-order valence-corrected chi connectivity index (χ0v) is 25.0. The van der Waals surface area contributed by atoms with Crippen molar-refractivity contribution in [3.63, 3.8) is 0 Å². The van der Waals surface area contributed by atoms with Gasteiger partial charge in [0.05, 0.1) is 7.11 Å². The van der Waals surface area contributed by atoms with E-state index in [1.807, 2.05) is 89.8 Å². The number of carbonyl (C=O) groups is 1.